The van der Waals surface area contributed by atoms with Gasteiger partial charge in [0.2, 0.25) is 0 Å². The van der Waals surface area contributed by atoms with E-state index in [0.29, 0.717) is 12.5 Å². The van der Waals surface area contributed by atoms with Gasteiger partial charge in [-0.25, -0.2) is 0 Å². The van der Waals surface area contributed by atoms with Crippen molar-refractivity contribution in [3.8, 4) is 0 Å². The molecule has 0 saturated heterocycles. The van der Waals surface area contributed by atoms with Crippen LogP contribution in [0.5, 0.6) is 0 Å². The Balaban J connectivity index is 2.33. The van der Waals surface area contributed by atoms with E-state index in [1.165, 1.54) is 32.1 Å². The van der Waals surface area contributed by atoms with Crippen molar-refractivity contribution in [3.05, 3.63) is 21.6 Å². The fraction of sp³-hybridized carbons (Fsp3) is 0.727. The normalized spacial score (nSPS) is 18.3. The number of nitrogens with one attached hydrogen (secondary N) is 1. The molecule has 4 heteroatoms. The summed E-state index contributed by atoms with van der Waals surface area (Å²) < 4.78 is 1.55. The average Bonchev–Trinajstić information content (AvgIpc) is 2.56. The van der Waals surface area contributed by atoms with Gasteiger partial charge in [0, 0.05) is 25.2 Å². The quantitative estimate of drug-likeness (QED) is 0.769. The third-order valence-corrected chi connectivity index (χ3v) is 3.39. The van der Waals surface area contributed by atoms with Gasteiger partial charge in [0.15, 0.2) is 0 Å². The SMILES string of the molecule is Cn1[nH]c(C2CCCCC2)c(CN)c1=O. The molecule has 1 aliphatic rings. The van der Waals surface area contributed by atoms with E-state index < -0.39 is 0 Å². The monoisotopic (exact) mass is 209 g/mol. The van der Waals surface area contributed by atoms with E-state index >= 15 is 0 Å². The highest BCUT2D eigenvalue weighted by Gasteiger charge is 2.22. The van der Waals surface area contributed by atoms with E-state index in [9.17, 15) is 4.79 Å². The zero-order valence-corrected chi connectivity index (χ0v) is 9.25. The molecule has 1 aliphatic carbocycles. The Labute approximate surface area is 89.5 Å². The van der Waals surface area contributed by atoms with Crippen LogP contribution in [-0.2, 0) is 13.6 Å². The topological polar surface area (TPSA) is 63.8 Å². The number of hydrogen-bond donors (Lipinski definition) is 2. The third kappa shape index (κ3) is 1.86. The first-order valence-electron chi connectivity index (χ1n) is 5.72. The summed E-state index contributed by atoms with van der Waals surface area (Å²) in [6.07, 6.45) is 6.24. The van der Waals surface area contributed by atoms with E-state index in [1.54, 1.807) is 11.7 Å². The van der Waals surface area contributed by atoms with Crippen molar-refractivity contribution in [1.29, 1.82) is 0 Å². The van der Waals surface area contributed by atoms with Crippen LogP contribution in [0, 0.1) is 0 Å². The van der Waals surface area contributed by atoms with Gasteiger partial charge < -0.3 is 5.73 Å². The predicted molar refractivity (Wildman–Crippen MR) is 59.8 cm³/mol. The van der Waals surface area contributed by atoms with Crippen molar-refractivity contribution < 1.29 is 0 Å². The van der Waals surface area contributed by atoms with Gasteiger partial charge >= 0.3 is 0 Å². The summed E-state index contributed by atoms with van der Waals surface area (Å²) in [7, 11) is 1.76. The first-order chi connectivity index (χ1) is 7.24. The number of nitrogens with two attached hydrogens (primary N) is 1. The van der Waals surface area contributed by atoms with Crippen molar-refractivity contribution in [2.45, 2.75) is 44.6 Å². The minimum Gasteiger partial charge on any atom is -0.326 e. The van der Waals surface area contributed by atoms with Crippen LogP contribution in [-0.4, -0.2) is 9.78 Å². The fourth-order valence-electron chi connectivity index (χ4n) is 2.54. The second-order valence-corrected chi connectivity index (χ2v) is 4.41. The molecule has 0 spiro atoms. The standard InChI is InChI=1S/C11H19N3O/c1-14-11(15)9(7-12)10(13-14)8-5-3-2-4-6-8/h8,13H,2-7,12H2,1H3. The molecule has 1 aromatic heterocycles. The summed E-state index contributed by atoms with van der Waals surface area (Å²) in [5.74, 6) is 0.520. The number of nitrogens with zero attached hydrogens (tertiary/aromatic N) is 1. The molecule has 0 unspecified atom stereocenters. The van der Waals surface area contributed by atoms with Crippen molar-refractivity contribution >= 4 is 0 Å². The average molecular weight is 209 g/mol. The molecule has 0 aromatic carbocycles. The fourth-order valence-corrected chi connectivity index (χ4v) is 2.54. The van der Waals surface area contributed by atoms with Crippen LogP contribution in [0.4, 0.5) is 0 Å². The molecule has 84 valence electrons. The van der Waals surface area contributed by atoms with Crippen LogP contribution < -0.4 is 11.3 Å². The molecule has 0 amide bonds. The van der Waals surface area contributed by atoms with Gasteiger partial charge in [-0.2, -0.15) is 0 Å². The lowest BCUT2D eigenvalue weighted by Gasteiger charge is -2.21. The second kappa shape index (κ2) is 4.23. The van der Waals surface area contributed by atoms with Gasteiger partial charge in [-0.15, -0.1) is 0 Å². The van der Waals surface area contributed by atoms with Crippen LogP contribution >= 0.6 is 0 Å². The molecule has 15 heavy (non-hydrogen) atoms. The molecule has 1 heterocycles. The number of H-pyrrole nitrogens is 1. The summed E-state index contributed by atoms with van der Waals surface area (Å²) in [5, 5.41) is 3.16. The molecule has 1 fully saturated rings. The molecule has 0 bridgehead atoms. The van der Waals surface area contributed by atoms with E-state index in [-0.39, 0.29) is 5.56 Å². The molecular formula is C11H19N3O. The van der Waals surface area contributed by atoms with Gasteiger partial charge in [-0.1, -0.05) is 19.3 Å². The Morgan fingerprint density at radius 2 is 2.07 bits per heavy atom. The molecule has 2 rings (SSSR count). The largest absolute Gasteiger partial charge is 0.326 e. The number of aromatic amines is 1. The Bertz CT molecular complexity index is 385. The first kappa shape index (κ1) is 10.5. The van der Waals surface area contributed by atoms with Gasteiger partial charge in [0.05, 0.1) is 5.56 Å². The van der Waals surface area contributed by atoms with Crippen molar-refractivity contribution in [3.63, 3.8) is 0 Å². The maximum Gasteiger partial charge on any atom is 0.270 e. The van der Waals surface area contributed by atoms with Gasteiger partial charge in [0.1, 0.15) is 0 Å². The lowest BCUT2D eigenvalue weighted by Crippen LogP contribution is -2.18. The summed E-state index contributed by atoms with van der Waals surface area (Å²) in [5.41, 5.74) is 7.55. The van der Waals surface area contributed by atoms with E-state index in [2.05, 4.69) is 5.10 Å². The molecule has 3 N–H and O–H groups in total. The van der Waals surface area contributed by atoms with Gasteiger partial charge in [0.25, 0.3) is 5.56 Å². The second-order valence-electron chi connectivity index (χ2n) is 4.41. The van der Waals surface area contributed by atoms with Crippen molar-refractivity contribution in [2.75, 3.05) is 0 Å². The zero-order valence-electron chi connectivity index (χ0n) is 9.25. The maximum atomic E-state index is 11.7. The summed E-state index contributed by atoms with van der Waals surface area (Å²) in [6, 6.07) is 0. The molecule has 4 nitrogen and oxygen atoms in total. The van der Waals surface area contributed by atoms with Crippen LogP contribution in [0.2, 0.25) is 0 Å². The van der Waals surface area contributed by atoms with Crippen LogP contribution in [0.25, 0.3) is 0 Å². The predicted octanol–water partition coefficient (Wildman–Crippen LogP) is 1.22. The third-order valence-electron chi connectivity index (χ3n) is 3.39. The maximum absolute atomic E-state index is 11.7. The van der Waals surface area contributed by atoms with E-state index in [4.69, 9.17) is 5.73 Å². The summed E-state index contributed by atoms with van der Waals surface area (Å²) >= 11 is 0. The smallest absolute Gasteiger partial charge is 0.270 e. The number of rotatable bonds is 2. The lowest BCUT2D eigenvalue weighted by molar-refractivity contribution is 0.432. The Morgan fingerprint density at radius 3 is 2.67 bits per heavy atom. The number of aromatic nitrogens is 2. The molecule has 0 atom stereocenters. The first-order valence-corrected chi connectivity index (χ1v) is 5.72. The minimum atomic E-state index is 0.0399. The Kier molecular flexibility index (Phi) is 2.95. The van der Waals surface area contributed by atoms with Crippen molar-refractivity contribution in [1.82, 2.24) is 9.78 Å². The minimum absolute atomic E-state index is 0.0399. The summed E-state index contributed by atoms with van der Waals surface area (Å²) in [4.78, 5) is 11.7. The molecule has 1 aromatic rings. The highest BCUT2D eigenvalue weighted by atomic mass is 16.1. The highest BCUT2D eigenvalue weighted by Crippen LogP contribution is 2.32. The van der Waals surface area contributed by atoms with Crippen LogP contribution in [0.3, 0.4) is 0 Å². The van der Waals surface area contributed by atoms with E-state index in [1.807, 2.05) is 0 Å². The Hall–Kier alpha value is -1.03. The van der Waals surface area contributed by atoms with Crippen LogP contribution in [0.15, 0.2) is 4.79 Å². The van der Waals surface area contributed by atoms with E-state index in [0.717, 1.165) is 11.3 Å². The zero-order chi connectivity index (χ0) is 10.8. The Morgan fingerprint density at radius 1 is 1.40 bits per heavy atom. The van der Waals surface area contributed by atoms with Gasteiger partial charge in [-0.3, -0.25) is 14.6 Å². The molecule has 0 aliphatic heterocycles. The molecule has 0 radical (unpaired) electrons. The summed E-state index contributed by atoms with van der Waals surface area (Å²) in [6.45, 7) is 0.349. The lowest BCUT2D eigenvalue weighted by atomic mass is 9.85. The molecular weight excluding hydrogens is 190 g/mol. The number of hydrogen-bond acceptors (Lipinski definition) is 2. The van der Waals surface area contributed by atoms with Crippen LogP contribution in [0.1, 0.15) is 49.3 Å². The number of aryl methyl sites for hydroxylation is 1. The highest BCUT2D eigenvalue weighted by molar-refractivity contribution is 5.21. The molecule has 1 saturated carbocycles. The van der Waals surface area contributed by atoms with Crippen molar-refractivity contribution in [2.24, 2.45) is 12.8 Å². The van der Waals surface area contributed by atoms with Gasteiger partial charge in [-0.05, 0) is 12.8 Å².